The highest BCUT2D eigenvalue weighted by Gasteiger charge is 2.52. The van der Waals surface area contributed by atoms with E-state index in [2.05, 4.69) is 5.32 Å². The molecule has 0 bridgehead atoms. The van der Waals surface area contributed by atoms with Gasteiger partial charge in [-0.1, -0.05) is 97.1 Å². The Kier molecular flexibility index (Phi) is 5.23. The molecular weight excluding hydrogens is 412 g/mol. The highest BCUT2D eigenvalue weighted by molar-refractivity contribution is 6.12. The molecule has 5 rings (SSSR count). The molecule has 33 heavy (non-hydrogen) atoms. The first kappa shape index (κ1) is 20.6. The first-order valence-corrected chi connectivity index (χ1v) is 10.8. The number of fused-ring (bicyclic) bond motifs is 1. The van der Waals surface area contributed by atoms with Gasteiger partial charge in [0.05, 0.1) is 6.54 Å². The number of nitrogens with zero attached hydrogens (tertiary/aromatic N) is 1. The quantitative estimate of drug-likeness (QED) is 0.353. The van der Waals surface area contributed by atoms with Gasteiger partial charge < -0.3 is 5.32 Å². The van der Waals surface area contributed by atoms with Crippen molar-refractivity contribution in [1.82, 2.24) is 10.2 Å². The summed E-state index contributed by atoms with van der Waals surface area (Å²) in [6.45, 7) is -0.313. The van der Waals surface area contributed by atoms with E-state index in [0.29, 0.717) is 17.5 Å². The van der Waals surface area contributed by atoms with Crippen molar-refractivity contribution in [3.8, 4) is 0 Å². The fourth-order valence-electron chi connectivity index (χ4n) is 4.41. The van der Waals surface area contributed by atoms with Crippen molar-refractivity contribution >= 4 is 28.5 Å². The molecule has 1 N–H and O–H groups in total. The molecular formula is C28H22N2O3. The third kappa shape index (κ3) is 3.78. The summed E-state index contributed by atoms with van der Waals surface area (Å²) in [6, 6.07) is 31.3. The zero-order valence-electron chi connectivity index (χ0n) is 17.9. The van der Waals surface area contributed by atoms with E-state index >= 15 is 0 Å². The number of ketones is 1. The van der Waals surface area contributed by atoms with Crippen LogP contribution in [0.25, 0.3) is 10.8 Å². The topological polar surface area (TPSA) is 66.5 Å². The van der Waals surface area contributed by atoms with E-state index in [0.717, 1.165) is 21.2 Å². The molecule has 0 aliphatic carbocycles. The minimum Gasteiger partial charge on any atom is -0.319 e. The monoisotopic (exact) mass is 434 g/mol. The van der Waals surface area contributed by atoms with Crippen LogP contribution in [-0.2, 0) is 16.8 Å². The number of hydrogen-bond donors (Lipinski definition) is 1. The third-order valence-electron chi connectivity index (χ3n) is 6.13. The zero-order chi connectivity index (χ0) is 22.8. The van der Waals surface area contributed by atoms with E-state index in [1.54, 1.807) is 12.1 Å². The van der Waals surface area contributed by atoms with E-state index < -0.39 is 17.5 Å². The Morgan fingerprint density at radius 1 is 0.758 bits per heavy atom. The van der Waals surface area contributed by atoms with Crippen LogP contribution in [0.4, 0.5) is 4.79 Å². The summed E-state index contributed by atoms with van der Waals surface area (Å²) in [5.41, 5.74) is 0.809. The number of amides is 3. The predicted octanol–water partition coefficient (Wildman–Crippen LogP) is 4.71. The number of benzene rings is 4. The summed E-state index contributed by atoms with van der Waals surface area (Å²) < 4.78 is 0. The molecule has 1 fully saturated rings. The average molecular weight is 434 g/mol. The maximum Gasteiger partial charge on any atom is 0.325 e. The van der Waals surface area contributed by atoms with Crippen molar-refractivity contribution in [2.45, 2.75) is 12.0 Å². The maximum absolute atomic E-state index is 13.7. The van der Waals surface area contributed by atoms with E-state index in [9.17, 15) is 14.4 Å². The van der Waals surface area contributed by atoms with Gasteiger partial charge in [-0.3, -0.25) is 14.5 Å². The van der Waals surface area contributed by atoms with Crippen LogP contribution in [-0.4, -0.2) is 29.2 Å². The summed E-state index contributed by atoms with van der Waals surface area (Å²) in [7, 11) is 0. The van der Waals surface area contributed by atoms with Gasteiger partial charge in [0.15, 0.2) is 11.3 Å². The molecule has 3 amide bonds. The van der Waals surface area contributed by atoms with Gasteiger partial charge in [-0.25, -0.2) is 4.79 Å². The smallest absolute Gasteiger partial charge is 0.319 e. The van der Waals surface area contributed by atoms with Crippen molar-refractivity contribution in [2.75, 3.05) is 6.54 Å². The van der Waals surface area contributed by atoms with Gasteiger partial charge in [0.1, 0.15) is 0 Å². The average Bonchev–Trinajstić information content (AvgIpc) is 3.09. The lowest BCUT2D eigenvalue weighted by Gasteiger charge is -2.27. The number of rotatable bonds is 6. The Morgan fingerprint density at radius 2 is 1.39 bits per heavy atom. The maximum atomic E-state index is 13.7. The number of Topliss-reactive ketones (excluding diaryl/α,β-unsaturated/α-hetero) is 1. The van der Waals surface area contributed by atoms with Crippen LogP contribution in [0, 0.1) is 0 Å². The fourth-order valence-corrected chi connectivity index (χ4v) is 4.41. The zero-order valence-corrected chi connectivity index (χ0v) is 17.9. The van der Waals surface area contributed by atoms with Crippen molar-refractivity contribution in [3.05, 3.63) is 120 Å². The third-order valence-corrected chi connectivity index (χ3v) is 6.13. The molecule has 0 radical (unpaired) electrons. The Balaban J connectivity index is 1.47. The van der Waals surface area contributed by atoms with Crippen LogP contribution in [0.1, 0.15) is 21.5 Å². The number of carbonyl (C=O) groups is 3. The molecule has 1 unspecified atom stereocenters. The Bertz CT molecular complexity index is 1350. The minimum absolute atomic E-state index is 0.284. The SMILES string of the molecule is O=C(CN1C(=O)NC(Cc2ccccc2)(c2ccccc2)C1=O)c1ccc2ccccc2c1. The van der Waals surface area contributed by atoms with Crippen LogP contribution in [0.2, 0.25) is 0 Å². The predicted molar refractivity (Wildman–Crippen MR) is 127 cm³/mol. The van der Waals surface area contributed by atoms with Crippen molar-refractivity contribution < 1.29 is 14.4 Å². The second-order valence-electron chi connectivity index (χ2n) is 8.24. The molecule has 1 heterocycles. The van der Waals surface area contributed by atoms with Crippen LogP contribution in [0.15, 0.2) is 103 Å². The van der Waals surface area contributed by atoms with Crippen molar-refractivity contribution in [1.29, 1.82) is 0 Å². The highest BCUT2D eigenvalue weighted by atomic mass is 16.2. The molecule has 4 aromatic rings. The summed E-state index contributed by atoms with van der Waals surface area (Å²) in [5, 5.41) is 4.86. The molecule has 1 aliphatic heterocycles. The number of urea groups is 1. The number of nitrogens with one attached hydrogen (secondary N) is 1. The van der Waals surface area contributed by atoms with E-state index in [4.69, 9.17) is 0 Å². The summed E-state index contributed by atoms with van der Waals surface area (Å²) in [6.07, 6.45) is 0.295. The first-order chi connectivity index (χ1) is 16.1. The summed E-state index contributed by atoms with van der Waals surface area (Å²) >= 11 is 0. The highest BCUT2D eigenvalue weighted by Crippen LogP contribution is 2.33. The standard InChI is InChI=1S/C28H22N2O3/c31-25(23-16-15-21-11-7-8-12-22(21)17-23)19-30-26(32)28(29-27(30)33,24-13-5-2-6-14-24)18-20-9-3-1-4-10-20/h1-17H,18-19H2,(H,29,33). The fraction of sp³-hybridized carbons (Fsp3) is 0.107. The molecule has 5 nitrogen and oxygen atoms in total. The van der Waals surface area contributed by atoms with E-state index in [1.807, 2.05) is 91.0 Å². The first-order valence-electron chi connectivity index (χ1n) is 10.8. The van der Waals surface area contributed by atoms with Gasteiger partial charge in [-0.2, -0.15) is 0 Å². The van der Waals surface area contributed by atoms with Crippen LogP contribution in [0.3, 0.4) is 0 Å². The van der Waals surface area contributed by atoms with Crippen molar-refractivity contribution in [2.24, 2.45) is 0 Å². The molecule has 1 aliphatic rings. The summed E-state index contributed by atoms with van der Waals surface area (Å²) in [5.74, 6) is -0.704. The van der Waals surface area contributed by atoms with Gasteiger partial charge in [0.25, 0.3) is 5.91 Å². The Labute approximate surface area is 191 Å². The molecule has 0 spiro atoms. The molecule has 4 aromatic carbocycles. The van der Waals surface area contributed by atoms with Crippen molar-refractivity contribution in [3.63, 3.8) is 0 Å². The lowest BCUT2D eigenvalue weighted by molar-refractivity contribution is -0.131. The summed E-state index contributed by atoms with van der Waals surface area (Å²) in [4.78, 5) is 40.8. The minimum atomic E-state index is -1.26. The molecule has 1 atom stereocenters. The van der Waals surface area contributed by atoms with Gasteiger partial charge in [0, 0.05) is 12.0 Å². The van der Waals surface area contributed by atoms with Crippen LogP contribution in [0.5, 0.6) is 0 Å². The van der Waals surface area contributed by atoms with E-state index in [-0.39, 0.29) is 12.3 Å². The van der Waals surface area contributed by atoms with Gasteiger partial charge in [-0.15, -0.1) is 0 Å². The second kappa shape index (κ2) is 8.36. The number of carbonyl (C=O) groups excluding carboxylic acids is 3. The largest absolute Gasteiger partial charge is 0.325 e. The second-order valence-corrected chi connectivity index (χ2v) is 8.24. The van der Waals surface area contributed by atoms with Gasteiger partial charge in [-0.05, 0) is 28.0 Å². The molecule has 5 heteroatoms. The Morgan fingerprint density at radius 3 is 2.12 bits per heavy atom. The lowest BCUT2D eigenvalue weighted by Crippen LogP contribution is -2.46. The number of imide groups is 1. The molecule has 1 saturated heterocycles. The van der Waals surface area contributed by atoms with Crippen LogP contribution >= 0.6 is 0 Å². The molecule has 0 aromatic heterocycles. The normalized spacial score (nSPS) is 17.9. The number of hydrogen-bond acceptors (Lipinski definition) is 3. The molecule has 162 valence electrons. The Hall–Kier alpha value is -4.25. The van der Waals surface area contributed by atoms with Crippen LogP contribution < -0.4 is 5.32 Å². The van der Waals surface area contributed by atoms with Gasteiger partial charge in [0.2, 0.25) is 0 Å². The van der Waals surface area contributed by atoms with E-state index in [1.165, 1.54) is 0 Å². The van der Waals surface area contributed by atoms with Gasteiger partial charge >= 0.3 is 6.03 Å². The lowest BCUT2D eigenvalue weighted by atomic mass is 9.83. The molecule has 0 saturated carbocycles.